The molecule has 3 N–H and O–H groups in total. The van der Waals surface area contributed by atoms with Gasteiger partial charge in [-0.1, -0.05) is 53.7 Å². The number of nitrogens with zero attached hydrogens (tertiary/aromatic N) is 3. The van der Waals surface area contributed by atoms with E-state index in [4.69, 9.17) is 0 Å². The van der Waals surface area contributed by atoms with Crippen molar-refractivity contribution in [3.8, 4) is 11.3 Å². The van der Waals surface area contributed by atoms with Crippen LogP contribution in [0.4, 0.5) is 0 Å². The predicted octanol–water partition coefficient (Wildman–Crippen LogP) is 2.72. The van der Waals surface area contributed by atoms with Crippen molar-refractivity contribution in [1.29, 1.82) is 0 Å². The van der Waals surface area contributed by atoms with Crippen molar-refractivity contribution in [3.63, 3.8) is 0 Å². The SMILES string of the molecule is O=C(CCn1cc(-c2ccccc2)nn1)N/C(=C/c1csc2ccccc12)B(O)O. The van der Waals surface area contributed by atoms with Crippen LogP contribution in [0.25, 0.3) is 27.4 Å². The second-order valence-electron chi connectivity index (χ2n) is 6.69. The van der Waals surface area contributed by atoms with Crippen LogP contribution >= 0.6 is 11.3 Å². The number of amides is 1. The molecule has 0 atom stereocenters. The largest absolute Gasteiger partial charge is 0.505 e. The number of nitrogens with one attached hydrogen (secondary N) is 1. The minimum atomic E-state index is -1.79. The van der Waals surface area contributed by atoms with Crippen molar-refractivity contribution in [1.82, 2.24) is 20.3 Å². The third kappa shape index (κ3) is 4.65. The minimum absolute atomic E-state index is 0.0344. The molecule has 0 radical (unpaired) electrons. The van der Waals surface area contributed by atoms with Crippen LogP contribution in [0.1, 0.15) is 12.0 Å². The second kappa shape index (κ2) is 9.04. The molecule has 150 valence electrons. The summed E-state index contributed by atoms with van der Waals surface area (Å²) in [4.78, 5) is 12.4. The molecule has 0 aliphatic rings. The molecule has 0 aliphatic carbocycles. The van der Waals surface area contributed by atoms with Gasteiger partial charge in [0.1, 0.15) is 5.69 Å². The fourth-order valence-corrected chi connectivity index (χ4v) is 3.96. The van der Waals surface area contributed by atoms with E-state index in [0.717, 1.165) is 26.9 Å². The van der Waals surface area contributed by atoms with Gasteiger partial charge in [-0.15, -0.1) is 16.4 Å². The van der Waals surface area contributed by atoms with Gasteiger partial charge in [-0.25, -0.2) is 0 Å². The molecule has 0 fully saturated rings. The van der Waals surface area contributed by atoms with Crippen LogP contribution in [0.5, 0.6) is 0 Å². The highest BCUT2D eigenvalue weighted by atomic mass is 32.1. The Morgan fingerprint density at radius 2 is 1.90 bits per heavy atom. The fraction of sp³-hybridized carbons (Fsp3) is 0.0952. The highest BCUT2D eigenvalue weighted by Gasteiger charge is 2.18. The van der Waals surface area contributed by atoms with E-state index in [1.807, 2.05) is 60.0 Å². The van der Waals surface area contributed by atoms with Gasteiger partial charge in [0.05, 0.1) is 12.7 Å². The zero-order valence-electron chi connectivity index (χ0n) is 16.0. The number of hydrogen-bond donors (Lipinski definition) is 3. The summed E-state index contributed by atoms with van der Waals surface area (Å²) in [5.74, 6) is -0.342. The third-order valence-electron chi connectivity index (χ3n) is 4.56. The monoisotopic (exact) mass is 418 g/mol. The van der Waals surface area contributed by atoms with Crippen LogP contribution < -0.4 is 5.32 Å². The molecule has 0 unspecified atom stereocenters. The Balaban J connectivity index is 1.41. The molecule has 30 heavy (non-hydrogen) atoms. The van der Waals surface area contributed by atoms with Gasteiger partial charge in [-0.05, 0) is 28.5 Å². The number of aromatic nitrogens is 3. The molecule has 7 nitrogen and oxygen atoms in total. The summed E-state index contributed by atoms with van der Waals surface area (Å²) in [6.45, 7) is 0.321. The number of aryl methyl sites for hydroxylation is 1. The number of thiophene rings is 1. The maximum atomic E-state index is 12.4. The molecule has 0 bridgehead atoms. The van der Waals surface area contributed by atoms with E-state index in [9.17, 15) is 14.8 Å². The highest BCUT2D eigenvalue weighted by Crippen LogP contribution is 2.27. The van der Waals surface area contributed by atoms with E-state index >= 15 is 0 Å². The van der Waals surface area contributed by atoms with Crippen molar-refractivity contribution in [2.24, 2.45) is 0 Å². The number of hydrogen-bond acceptors (Lipinski definition) is 6. The number of rotatable bonds is 7. The molecule has 1 amide bonds. The zero-order chi connectivity index (χ0) is 20.9. The Labute approximate surface area is 177 Å². The van der Waals surface area contributed by atoms with Gasteiger partial charge in [0.2, 0.25) is 5.91 Å². The normalized spacial score (nSPS) is 11.6. The maximum absolute atomic E-state index is 12.4. The molecule has 9 heteroatoms. The van der Waals surface area contributed by atoms with E-state index < -0.39 is 7.12 Å². The van der Waals surface area contributed by atoms with Crippen LogP contribution in [0.3, 0.4) is 0 Å². The molecule has 2 aromatic carbocycles. The summed E-state index contributed by atoms with van der Waals surface area (Å²) < 4.78 is 2.68. The van der Waals surface area contributed by atoms with E-state index in [1.165, 1.54) is 0 Å². The fourth-order valence-electron chi connectivity index (χ4n) is 3.04. The van der Waals surface area contributed by atoms with Crippen molar-refractivity contribution in [2.75, 3.05) is 0 Å². The first-order valence-electron chi connectivity index (χ1n) is 9.39. The lowest BCUT2D eigenvalue weighted by molar-refractivity contribution is -0.120. The molecule has 4 aromatic rings. The summed E-state index contributed by atoms with van der Waals surface area (Å²) in [7, 11) is -1.79. The van der Waals surface area contributed by atoms with E-state index in [2.05, 4.69) is 15.6 Å². The molecule has 0 aliphatic heterocycles. The first-order valence-corrected chi connectivity index (χ1v) is 10.3. The average Bonchev–Trinajstić information content (AvgIpc) is 3.40. The Bertz CT molecular complexity index is 1190. The Morgan fingerprint density at radius 1 is 1.13 bits per heavy atom. The molecular weight excluding hydrogens is 399 g/mol. The van der Waals surface area contributed by atoms with Crippen molar-refractivity contribution in [2.45, 2.75) is 13.0 Å². The zero-order valence-corrected chi connectivity index (χ0v) is 16.8. The summed E-state index contributed by atoms with van der Waals surface area (Å²) in [6, 6.07) is 17.5. The standard InChI is InChI=1S/C21H19BN4O3S/c27-21(10-11-26-13-18(24-25-26)15-6-2-1-3-7-15)23-20(22(28)29)12-16-14-30-19-9-5-4-8-17(16)19/h1-9,12-14,28-29H,10-11H2,(H,23,27)/b20-12+. The average molecular weight is 418 g/mol. The van der Waals surface area contributed by atoms with Gasteiger partial charge in [0.15, 0.2) is 0 Å². The van der Waals surface area contributed by atoms with Gasteiger partial charge in [-0.2, -0.15) is 0 Å². The van der Waals surface area contributed by atoms with Gasteiger partial charge in [0, 0.05) is 22.3 Å². The summed E-state index contributed by atoms with van der Waals surface area (Å²) >= 11 is 1.56. The number of fused-ring (bicyclic) bond motifs is 1. The molecule has 4 rings (SSSR count). The first-order chi connectivity index (χ1) is 14.6. The minimum Gasteiger partial charge on any atom is -0.422 e. The molecule has 0 spiro atoms. The highest BCUT2D eigenvalue weighted by molar-refractivity contribution is 7.17. The van der Waals surface area contributed by atoms with Crippen molar-refractivity contribution < 1.29 is 14.8 Å². The molecule has 2 aromatic heterocycles. The summed E-state index contributed by atoms with van der Waals surface area (Å²) in [5.41, 5.74) is 2.53. The lowest BCUT2D eigenvalue weighted by Gasteiger charge is -2.09. The van der Waals surface area contributed by atoms with Crippen LogP contribution in [-0.2, 0) is 11.3 Å². The van der Waals surface area contributed by atoms with Crippen LogP contribution in [0, 0.1) is 0 Å². The number of carbonyl (C=O) groups is 1. The number of carbonyl (C=O) groups excluding carboxylic acids is 1. The maximum Gasteiger partial charge on any atom is 0.505 e. The molecule has 0 saturated carbocycles. The van der Waals surface area contributed by atoms with Crippen LogP contribution in [0.15, 0.2) is 71.8 Å². The second-order valence-corrected chi connectivity index (χ2v) is 7.60. The molecule has 0 saturated heterocycles. The molecule has 2 heterocycles. The summed E-state index contributed by atoms with van der Waals surface area (Å²) in [6.07, 6.45) is 3.48. The lowest BCUT2D eigenvalue weighted by Crippen LogP contribution is -2.33. The van der Waals surface area contributed by atoms with Gasteiger partial charge < -0.3 is 15.4 Å². The lowest BCUT2D eigenvalue weighted by atomic mass is 9.84. The number of benzene rings is 2. The van der Waals surface area contributed by atoms with E-state index in [1.54, 1.807) is 28.3 Å². The topological polar surface area (TPSA) is 100 Å². The van der Waals surface area contributed by atoms with E-state index in [0.29, 0.717) is 6.54 Å². The summed E-state index contributed by atoms with van der Waals surface area (Å²) in [5, 5.41) is 33.1. The molecular formula is C21H19BN4O3S. The third-order valence-corrected chi connectivity index (χ3v) is 5.54. The van der Waals surface area contributed by atoms with Crippen LogP contribution in [0.2, 0.25) is 0 Å². The Morgan fingerprint density at radius 3 is 2.70 bits per heavy atom. The first kappa shape index (κ1) is 20.0. The van der Waals surface area contributed by atoms with E-state index in [-0.39, 0.29) is 17.9 Å². The van der Waals surface area contributed by atoms with Gasteiger partial charge in [0.25, 0.3) is 0 Å². The van der Waals surface area contributed by atoms with Crippen molar-refractivity contribution >= 4 is 40.5 Å². The Hall–Kier alpha value is -3.27. The van der Waals surface area contributed by atoms with Crippen LogP contribution in [-0.4, -0.2) is 38.1 Å². The van der Waals surface area contributed by atoms with Crippen molar-refractivity contribution in [3.05, 3.63) is 77.3 Å². The smallest absolute Gasteiger partial charge is 0.422 e. The van der Waals surface area contributed by atoms with Gasteiger partial charge in [-0.3, -0.25) is 9.48 Å². The van der Waals surface area contributed by atoms with Gasteiger partial charge >= 0.3 is 7.12 Å². The Kier molecular flexibility index (Phi) is 6.03. The predicted molar refractivity (Wildman–Crippen MR) is 118 cm³/mol. The quantitative estimate of drug-likeness (QED) is 0.401.